The Hall–Kier alpha value is -0.330. The summed E-state index contributed by atoms with van der Waals surface area (Å²) in [6, 6.07) is 0. The van der Waals surface area contributed by atoms with Crippen LogP contribution in [0.15, 0.2) is 0 Å². The van der Waals surface area contributed by atoms with Crippen molar-refractivity contribution in [2.45, 2.75) is 29.5 Å². The second kappa shape index (κ2) is 4.16. The number of rotatable bonds is 3. The summed E-state index contributed by atoms with van der Waals surface area (Å²) in [6.45, 7) is -0.833. The number of nitrogens with two attached hydrogens (primary N) is 1. The first-order valence-corrected chi connectivity index (χ1v) is 5.70. The van der Waals surface area contributed by atoms with Crippen molar-refractivity contribution >= 4 is 10.1 Å². The van der Waals surface area contributed by atoms with Crippen molar-refractivity contribution in [1.29, 1.82) is 0 Å². The van der Waals surface area contributed by atoms with Gasteiger partial charge in [0.1, 0.15) is 19.7 Å². The fourth-order valence-corrected chi connectivity index (χ4v) is 2.49. The fourth-order valence-electron chi connectivity index (χ4n) is 1.52. The van der Waals surface area contributed by atoms with Gasteiger partial charge in [0.25, 0.3) is 10.1 Å². The van der Waals surface area contributed by atoms with Crippen LogP contribution in [0.25, 0.3) is 0 Å². The fraction of sp³-hybridized carbons (Fsp3) is 1.00. The quantitative estimate of drug-likeness (QED) is 0.218. The molecule has 0 spiro atoms. The van der Waals surface area contributed by atoms with E-state index in [0.717, 1.165) is 0 Å². The first kappa shape index (κ1) is 12.1. The Morgan fingerprint density at radius 1 is 1.44 bits per heavy atom. The van der Waals surface area contributed by atoms with E-state index in [9.17, 15) is 23.7 Å². The zero-order chi connectivity index (χ0) is 13.4. The largest absolute Gasteiger partial charge is 0.394 e. The summed E-state index contributed by atoms with van der Waals surface area (Å²) in [5.74, 6) is -2.94. The van der Waals surface area contributed by atoms with Crippen molar-refractivity contribution in [2.75, 3.05) is 6.61 Å². The number of aliphatic hydroxyl groups is 4. The molecule has 9 nitrogen and oxygen atoms in total. The third kappa shape index (κ3) is 2.33. The highest BCUT2D eigenvalue weighted by Gasteiger charge is 2.57. The molecule has 0 aromatic heterocycles. The summed E-state index contributed by atoms with van der Waals surface area (Å²) in [5.41, 5.74) is 1.31. The van der Waals surface area contributed by atoms with E-state index in [2.05, 4.69) is 4.74 Å². The molecule has 5 atom stereocenters. The van der Waals surface area contributed by atoms with Crippen molar-refractivity contribution in [3.05, 3.63) is 0 Å². The van der Waals surface area contributed by atoms with Crippen LogP contribution in [0.3, 0.4) is 0 Å². The second-order valence-electron chi connectivity index (χ2n) is 3.45. The molecular weight excluding hydrogens is 246 g/mol. The predicted molar refractivity (Wildman–Crippen MR) is 48.4 cm³/mol. The highest BCUT2D eigenvalue weighted by atomic mass is 32.2. The normalized spacial score (nSPS) is 46.4. The molecule has 1 heterocycles. The molecule has 0 amide bonds. The molecule has 0 saturated carbocycles. The third-order valence-electron chi connectivity index (χ3n) is 2.26. The average molecular weight is 260 g/mol. The van der Waals surface area contributed by atoms with E-state index in [1.54, 1.807) is 0 Å². The molecule has 10 heteroatoms. The van der Waals surface area contributed by atoms with E-state index < -0.39 is 46.2 Å². The molecule has 96 valence electrons. The van der Waals surface area contributed by atoms with Crippen molar-refractivity contribution in [1.82, 2.24) is 0 Å². The number of aliphatic hydroxyl groups excluding tert-OH is 3. The number of hydrogen-bond donors (Lipinski definition) is 6. The minimum atomic E-state index is -5.01. The van der Waals surface area contributed by atoms with Crippen LogP contribution in [-0.2, 0) is 14.9 Å². The van der Waals surface area contributed by atoms with Crippen LogP contribution in [0, 0.1) is 0 Å². The van der Waals surface area contributed by atoms with Gasteiger partial charge in [-0.05, 0) is 0 Å². The van der Waals surface area contributed by atoms with Crippen LogP contribution in [0.2, 0.25) is 1.41 Å². The summed E-state index contributed by atoms with van der Waals surface area (Å²) < 4.78 is 42.1. The highest BCUT2D eigenvalue weighted by molar-refractivity contribution is 7.86. The molecule has 1 aliphatic rings. The lowest BCUT2D eigenvalue weighted by atomic mass is 9.99. The molecule has 0 aliphatic carbocycles. The SMILES string of the molecule is [2H]NC1(O)O[C@H](CO)[C@@H](O)[C@H](O)[C@H]1S(=O)(=O)O. The van der Waals surface area contributed by atoms with Gasteiger partial charge in [-0.25, -0.2) is 0 Å². The van der Waals surface area contributed by atoms with Crippen molar-refractivity contribution in [3.8, 4) is 0 Å². The van der Waals surface area contributed by atoms with E-state index in [0.29, 0.717) is 0 Å². The summed E-state index contributed by atoms with van der Waals surface area (Å²) in [7, 11) is -5.01. The molecule has 0 radical (unpaired) electrons. The molecular formula is C6H13NO8S. The van der Waals surface area contributed by atoms with Gasteiger partial charge in [-0.15, -0.1) is 0 Å². The van der Waals surface area contributed by atoms with Gasteiger partial charge in [-0.1, -0.05) is 0 Å². The van der Waals surface area contributed by atoms with E-state index in [4.69, 9.17) is 11.1 Å². The molecule has 1 fully saturated rings. The lowest BCUT2D eigenvalue weighted by molar-refractivity contribution is -0.299. The van der Waals surface area contributed by atoms with Gasteiger partial charge in [0.2, 0.25) is 5.91 Å². The third-order valence-corrected chi connectivity index (χ3v) is 3.50. The second-order valence-corrected chi connectivity index (χ2v) is 4.99. The average Bonchev–Trinajstić information content (AvgIpc) is 2.21. The Morgan fingerprint density at radius 2 is 2.00 bits per heavy atom. The minimum absolute atomic E-state index is 0.833. The van der Waals surface area contributed by atoms with Crippen LogP contribution in [0.5, 0.6) is 0 Å². The molecule has 1 rings (SSSR count). The Labute approximate surface area is 92.3 Å². The predicted octanol–water partition coefficient (Wildman–Crippen LogP) is -4.04. The van der Waals surface area contributed by atoms with Gasteiger partial charge in [0, 0.05) is 0 Å². The van der Waals surface area contributed by atoms with E-state index >= 15 is 0 Å². The van der Waals surface area contributed by atoms with Gasteiger partial charge in [-0.2, -0.15) is 8.42 Å². The Bertz CT molecular complexity index is 376. The highest BCUT2D eigenvalue weighted by Crippen LogP contribution is 2.28. The van der Waals surface area contributed by atoms with Gasteiger partial charge >= 0.3 is 0 Å². The van der Waals surface area contributed by atoms with Gasteiger partial charge in [-0.3, -0.25) is 10.3 Å². The van der Waals surface area contributed by atoms with E-state index in [1.807, 2.05) is 0 Å². The van der Waals surface area contributed by atoms with E-state index in [1.165, 1.54) is 5.73 Å². The summed E-state index contributed by atoms with van der Waals surface area (Å²) in [4.78, 5) is 0. The molecule has 1 aliphatic heterocycles. The zero-order valence-electron chi connectivity index (χ0n) is 8.89. The van der Waals surface area contributed by atoms with Gasteiger partial charge < -0.3 is 25.2 Å². The van der Waals surface area contributed by atoms with Crippen molar-refractivity contribution < 1.29 is 39.5 Å². The molecule has 1 unspecified atom stereocenters. The van der Waals surface area contributed by atoms with Crippen LogP contribution >= 0.6 is 0 Å². The lowest BCUT2D eigenvalue weighted by Crippen LogP contribution is -2.71. The molecule has 0 aromatic carbocycles. The van der Waals surface area contributed by atoms with Crippen LogP contribution < -0.4 is 5.73 Å². The molecule has 7 N–H and O–H groups in total. The number of ether oxygens (including phenoxy) is 1. The number of hydrogen-bond acceptors (Lipinski definition) is 8. The maximum absolute atomic E-state index is 11.0. The first-order valence-electron chi connectivity index (χ1n) is 4.69. The molecule has 1 saturated heterocycles. The van der Waals surface area contributed by atoms with Crippen LogP contribution in [0.1, 0.15) is 0 Å². The summed E-state index contributed by atoms with van der Waals surface area (Å²) in [5, 5.41) is 34.9. The molecule has 16 heavy (non-hydrogen) atoms. The maximum atomic E-state index is 11.0. The van der Waals surface area contributed by atoms with E-state index in [-0.39, 0.29) is 0 Å². The van der Waals surface area contributed by atoms with Gasteiger partial charge in [0.15, 0.2) is 5.25 Å². The van der Waals surface area contributed by atoms with Crippen molar-refractivity contribution in [3.63, 3.8) is 0 Å². The first-order chi connectivity index (χ1) is 7.67. The Balaban J connectivity index is 3.18. The maximum Gasteiger partial charge on any atom is 0.277 e. The summed E-state index contributed by atoms with van der Waals surface area (Å²) in [6.07, 6.45) is -5.50. The smallest absolute Gasteiger partial charge is 0.277 e. The Kier molecular flexibility index (Phi) is 3.16. The zero-order valence-corrected chi connectivity index (χ0v) is 8.70. The summed E-state index contributed by atoms with van der Waals surface area (Å²) >= 11 is 0. The lowest BCUT2D eigenvalue weighted by Gasteiger charge is -2.43. The standard InChI is InChI=1S/C6H13NO8S/c7-6(11)5(16(12,13)14)4(10)3(9)2(1-8)15-6/h2-5,8-11H,1,7H2,(H,12,13,14)/t2-,3-,4+,5-,6?/m1/s1/i/hD. The Morgan fingerprint density at radius 3 is 2.38 bits per heavy atom. The minimum Gasteiger partial charge on any atom is -0.394 e. The topological polar surface area (TPSA) is 171 Å². The molecule has 0 aromatic rings. The van der Waals surface area contributed by atoms with Crippen LogP contribution in [-0.4, -0.2) is 69.5 Å². The monoisotopic (exact) mass is 260 g/mol. The van der Waals surface area contributed by atoms with Crippen LogP contribution in [0.4, 0.5) is 0 Å². The van der Waals surface area contributed by atoms with Crippen molar-refractivity contribution in [2.24, 2.45) is 5.73 Å². The van der Waals surface area contributed by atoms with Gasteiger partial charge in [0.05, 0.1) is 6.61 Å². The molecule has 0 bridgehead atoms.